The molecule has 4 heteroatoms. The molecule has 0 aliphatic heterocycles. The number of carbonyl (C=O) groups is 1. The number of fused-ring (bicyclic) bond motifs is 1. The Balaban J connectivity index is 2.59. The minimum Gasteiger partial charge on any atom is -0.476 e. The first-order chi connectivity index (χ1) is 6.91. The van der Waals surface area contributed by atoms with Crippen molar-refractivity contribution in [1.82, 2.24) is 9.78 Å². The summed E-state index contributed by atoms with van der Waals surface area (Å²) < 4.78 is 1.87. The van der Waals surface area contributed by atoms with Gasteiger partial charge in [0.05, 0.1) is 5.54 Å². The van der Waals surface area contributed by atoms with Crippen LogP contribution in [0, 0.1) is 0 Å². The number of aromatic carboxylic acids is 1. The second-order valence-electron chi connectivity index (χ2n) is 5.02. The number of nitrogens with zero attached hydrogens (tertiary/aromatic N) is 2. The fraction of sp³-hybridized carbons (Fsp3) is 0.636. The third kappa shape index (κ3) is 1.54. The molecule has 4 nitrogen and oxygen atoms in total. The van der Waals surface area contributed by atoms with E-state index in [-0.39, 0.29) is 11.2 Å². The van der Waals surface area contributed by atoms with Crippen molar-refractivity contribution < 1.29 is 9.90 Å². The topological polar surface area (TPSA) is 55.1 Å². The van der Waals surface area contributed by atoms with Gasteiger partial charge in [-0.05, 0) is 40.0 Å². The van der Waals surface area contributed by atoms with Gasteiger partial charge in [0.15, 0.2) is 5.69 Å². The number of carboxylic acid groups (broad SMARTS) is 1. The molecule has 1 heterocycles. The molecule has 0 bridgehead atoms. The van der Waals surface area contributed by atoms with Crippen LogP contribution in [0.5, 0.6) is 0 Å². The van der Waals surface area contributed by atoms with Gasteiger partial charge in [-0.15, -0.1) is 0 Å². The molecule has 1 aliphatic carbocycles. The van der Waals surface area contributed by atoms with Gasteiger partial charge in [0.25, 0.3) is 0 Å². The van der Waals surface area contributed by atoms with Crippen molar-refractivity contribution in [2.75, 3.05) is 0 Å². The Kier molecular flexibility index (Phi) is 2.10. The summed E-state index contributed by atoms with van der Waals surface area (Å²) in [7, 11) is 0. The largest absolute Gasteiger partial charge is 0.476 e. The molecule has 0 saturated heterocycles. The maximum absolute atomic E-state index is 11.0. The Morgan fingerprint density at radius 2 is 2.07 bits per heavy atom. The van der Waals surface area contributed by atoms with Gasteiger partial charge in [-0.2, -0.15) is 5.10 Å². The van der Waals surface area contributed by atoms with E-state index in [0.717, 1.165) is 30.5 Å². The van der Waals surface area contributed by atoms with Crippen LogP contribution in [0.2, 0.25) is 0 Å². The van der Waals surface area contributed by atoms with Crippen LogP contribution in [-0.4, -0.2) is 20.9 Å². The van der Waals surface area contributed by atoms with E-state index in [9.17, 15) is 4.79 Å². The highest BCUT2D eigenvalue weighted by Gasteiger charge is 2.29. The van der Waals surface area contributed by atoms with Gasteiger partial charge in [0, 0.05) is 11.3 Å². The van der Waals surface area contributed by atoms with Gasteiger partial charge in [-0.1, -0.05) is 0 Å². The van der Waals surface area contributed by atoms with Crippen LogP contribution in [0.25, 0.3) is 0 Å². The van der Waals surface area contributed by atoms with Crippen molar-refractivity contribution in [1.29, 1.82) is 0 Å². The fourth-order valence-electron chi connectivity index (χ4n) is 2.16. The zero-order valence-corrected chi connectivity index (χ0v) is 9.37. The first-order valence-electron chi connectivity index (χ1n) is 5.26. The van der Waals surface area contributed by atoms with Gasteiger partial charge in [-0.3, -0.25) is 4.68 Å². The van der Waals surface area contributed by atoms with E-state index in [0.29, 0.717) is 0 Å². The maximum Gasteiger partial charge on any atom is 0.356 e. The van der Waals surface area contributed by atoms with E-state index >= 15 is 0 Å². The van der Waals surface area contributed by atoms with Gasteiger partial charge >= 0.3 is 5.97 Å². The molecule has 82 valence electrons. The zero-order chi connectivity index (χ0) is 11.2. The number of aromatic nitrogens is 2. The fourth-order valence-corrected chi connectivity index (χ4v) is 2.16. The Morgan fingerprint density at radius 1 is 1.40 bits per heavy atom. The monoisotopic (exact) mass is 208 g/mol. The molecule has 0 radical (unpaired) electrons. The standard InChI is InChI=1S/C11H16N2O2/c1-11(2,3)13-8-6-4-5-7(8)9(12-13)10(14)15/h4-6H2,1-3H3,(H,14,15). The van der Waals surface area contributed by atoms with Crippen molar-refractivity contribution in [2.24, 2.45) is 0 Å². The average Bonchev–Trinajstić information content (AvgIpc) is 2.57. The summed E-state index contributed by atoms with van der Waals surface area (Å²) in [4.78, 5) is 11.0. The molecule has 0 atom stereocenters. The highest BCUT2D eigenvalue weighted by molar-refractivity contribution is 5.87. The molecule has 2 rings (SSSR count). The lowest BCUT2D eigenvalue weighted by molar-refractivity contribution is 0.0687. The minimum absolute atomic E-state index is 0.137. The van der Waals surface area contributed by atoms with E-state index in [1.165, 1.54) is 0 Å². The van der Waals surface area contributed by atoms with Gasteiger partial charge in [-0.25, -0.2) is 4.79 Å². The van der Waals surface area contributed by atoms with Crippen LogP contribution in [-0.2, 0) is 18.4 Å². The Labute approximate surface area is 88.9 Å². The number of hydrogen-bond donors (Lipinski definition) is 1. The lowest BCUT2D eigenvalue weighted by atomic mass is 10.1. The predicted octanol–water partition coefficient (Wildman–Crippen LogP) is 1.82. The molecule has 0 saturated carbocycles. The number of carboxylic acids is 1. The minimum atomic E-state index is -0.906. The molecule has 15 heavy (non-hydrogen) atoms. The van der Waals surface area contributed by atoms with Gasteiger partial charge in [0.1, 0.15) is 0 Å². The molecule has 1 aliphatic rings. The van der Waals surface area contributed by atoms with Crippen LogP contribution >= 0.6 is 0 Å². The lowest BCUT2D eigenvalue weighted by Gasteiger charge is -2.21. The molecular formula is C11H16N2O2. The SMILES string of the molecule is CC(C)(C)n1nc(C(=O)O)c2c1CCC2. The average molecular weight is 208 g/mol. The van der Waals surface area contributed by atoms with E-state index < -0.39 is 5.97 Å². The van der Waals surface area contributed by atoms with E-state index in [1.807, 2.05) is 25.5 Å². The van der Waals surface area contributed by atoms with E-state index in [1.54, 1.807) is 0 Å². The molecule has 1 N–H and O–H groups in total. The third-order valence-electron chi connectivity index (χ3n) is 2.77. The van der Waals surface area contributed by atoms with Crippen molar-refractivity contribution in [3.05, 3.63) is 17.0 Å². The Morgan fingerprint density at radius 3 is 2.60 bits per heavy atom. The summed E-state index contributed by atoms with van der Waals surface area (Å²) in [6.45, 7) is 6.14. The summed E-state index contributed by atoms with van der Waals surface area (Å²) in [5, 5.41) is 13.3. The highest BCUT2D eigenvalue weighted by atomic mass is 16.4. The molecule has 0 amide bonds. The zero-order valence-electron chi connectivity index (χ0n) is 9.37. The smallest absolute Gasteiger partial charge is 0.356 e. The number of hydrogen-bond acceptors (Lipinski definition) is 2. The first kappa shape index (κ1) is 10.2. The lowest BCUT2D eigenvalue weighted by Crippen LogP contribution is -2.25. The summed E-state index contributed by atoms with van der Waals surface area (Å²) in [5.41, 5.74) is 2.16. The van der Waals surface area contributed by atoms with Crippen LogP contribution in [0.1, 0.15) is 48.9 Å². The molecule has 0 unspecified atom stereocenters. The van der Waals surface area contributed by atoms with Crippen molar-refractivity contribution in [2.45, 2.75) is 45.6 Å². The van der Waals surface area contributed by atoms with Crippen LogP contribution in [0.15, 0.2) is 0 Å². The predicted molar refractivity (Wildman–Crippen MR) is 56.2 cm³/mol. The van der Waals surface area contributed by atoms with Gasteiger partial charge < -0.3 is 5.11 Å². The van der Waals surface area contributed by atoms with Crippen molar-refractivity contribution in [3.8, 4) is 0 Å². The molecule has 0 aromatic carbocycles. The number of rotatable bonds is 1. The Bertz CT molecular complexity index is 413. The molecule has 0 fully saturated rings. The second-order valence-corrected chi connectivity index (χ2v) is 5.02. The maximum atomic E-state index is 11.0. The summed E-state index contributed by atoms with van der Waals surface area (Å²) in [6.07, 6.45) is 2.85. The molecule has 1 aromatic heterocycles. The van der Waals surface area contributed by atoms with Crippen LogP contribution in [0.4, 0.5) is 0 Å². The van der Waals surface area contributed by atoms with Crippen molar-refractivity contribution >= 4 is 5.97 Å². The molecule has 1 aromatic rings. The molecular weight excluding hydrogens is 192 g/mol. The second kappa shape index (κ2) is 3.08. The normalized spacial score (nSPS) is 15.4. The summed E-state index contributed by atoms with van der Waals surface area (Å²) >= 11 is 0. The van der Waals surface area contributed by atoms with Crippen LogP contribution in [0.3, 0.4) is 0 Å². The Hall–Kier alpha value is -1.32. The first-order valence-corrected chi connectivity index (χ1v) is 5.26. The quantitative estimate of drug-likeness (QED) is 0.766. The van der Waals surface area contributed by atoms with E-state index in [4.69, 9.17) is 5.11 Å². The highest BCUT2D eigenvalue weighted by Crippen LogP contribution is 2.29. The van der Waals surface area contributed by atoms with Crippen molar-refractivity contribution in [3.63, 3.8) is 0 Å². The van der Waals surface area contributed by atoms with Crippen LogP contribution < -0.4 is 0 Å². The van der Waals surface area contributed by atoms with Gasteiger partial charge in [0.2, 0.25) is 0 Å². The van der Waals surface area contributed by atoms with E-state index in [2.05, 4.69) is 5.10 Å². The third-order valence-corrected chi connectivity index (χ3v) is 2.77. The summed E-state index contributed by atoms with van der Waals surface area (Å²) in [5.74, 6) is -0.906. The summed E-state index contributed by atoms with van der Waals surface area (Å²) in [6, 6.07) is 0. The molecule has 0 spiro atoms.